The van der Waals surface area contributed by atoms with Gasteiger partial charge in [0.05, 0.1) is 6.61 Å². The van der Waals surface area contributed by atoms with Crippen molar-refractivity contribution < 1.29 is 33.5 Å². The Kier molecular flexibility index (Phi) is 4.37. The number of rotatable bonds is 3. The second-order valence-corrected chi connectivity index (χ2v) is 5.60. The monoisotopic (exact) mass is 395 g/mol. The molecule has 126 valence electrons. The second kappa shape index (κ2) is 6.16. The molecule has 0 bridgehead atoms. The van der Waals surface area contributed by atoms with Gasteiger partial charge in [-0.2, -0.15) is 13.2 Å². The lowest BCUT2D eigenvalue weighted by atomic mass is 9.96. The molecule has 8 heteroatoms. The highest BCUT2D eigenvalue weighted by atomic mass is 79.9. The number of alkyl halides is 3. The average Bonchev–Trinajstić information content (AvgIpc) is 2.51. The largest absolute Gasteiger partial charge is 0.462 e. The Morgan fingerprint density at radius 3 is 2.70 bits per heavy atom. The van der Waals surface area contributed by atoms with Gasteiger partial charge in [-0.3, -0.25) is 0 Å². The third-order valence-corrected chi connectivity index (χ3v) is 3.67. The van der Waals surface area contributed by atoms with Gasteiger partial charge >= 0.3 is 17.9 Å². The van der Waals surface area contributed by atoms with Crippen molar-refractivity contribution in [2.75, 3.05) is 13.7 Å². The molecule has 1 atom stereocenters. The van der Waals surface area contributed by atoms with Crippen molar-refractivity contribution in [3.05, 3.63) is 33.3 Å². The van der Waals surface area contributed by atoms with Crippen molar-refractivity contribution in [1.82, 2.24) is 0 Å². The van der Waals surface area contributed by atoms with E-state index in [1.165, 1.54) is 19.1 Å². The molecule has 23 heavy (non-hydrogen) atoms. The zero-order valence-corrected chi connectivity index (χ0v) is 13.9. The molecule has 1 heterocycles. The number of aryl methyl sites for hydroxylation is 1. The van der Waals surface area contributed by atoms with Crippen molar-refractivity contribution in [1.29, 1.82) is 0 Å². The highest BCUT2D eigenvalue weighted by molar-refractivity contribution is 9.10. The molecular formula is C15H14BrF3O4. The van der Waals surface area contributed by atoms with Gasteiger partial charge in [0.1, 0.15) is 11.3 Å². The fourth-order valence-corrected chi connectivity index (χ4v) is 2.76. The average molecular weight is 396 g/mol. The first-order chi connectivity index (χ1) is 11.2. The molecule has 0 radical (unpaired) electrons. The standard InChI is InChI=1S/C15H14BrF3O4/c1-4-22-13(20)11-7-9-6-10(16)5-8(2)12(9)23-14(11,21-3)15(17,18)19/h5-7H,4H2,1-3H3/i2D. The summed E-state index contributed by atoms with van der Waals surface area (Å²) in [4.78, 5) is 12.1. The predicted molar refractivity (Wildman–Crippen MR) is 79.9 cm³/mol. The van der Waals surface area contributed by atoms with Crippen LogP contribution in [0.3, 0.4) is 0 Å². The van der Waals surface area contributed by atoms with Crippen molar-refractivity contribution in [2.24, 2.45) is 0 Å². The van der Waals surface area contributed by atoms with Crippen LogP contribution in [0.2, 0.25) is 0 Å². The minimum Gasteiger partial charge on any atom is -0.462 e. The van der Waals surface area contributed by atoms with Gasteiger partial charge in [0, 0.05) is 18.5 Å². The number of halogens is 4. The normalized spacial score (nSPS) is 21.0. The minimum absolute atomic E-state index is 0.100. The van der Waals surface area contributed by atoms with Crippen LogP contribution in [-0.4, -0.2) is 31.6 Å². The van der Waals surface area contributed by atoms with Crippen LogP contribution in [0.4, 0.5) is 13.2 Å². The van der Waals surface area contributed by atoms with Gasteiger partial charge in [-0.25, -0.2) is 4.79 Å². The zero-order valence-electron chi connectivity index (χ0n) is 13.3. The first-order valence-electron chi connectivity index (χ1n) is 7.22. The molecule has 0 fully saturated rings. The molecule has 0 saturated heterocycles. The smallest absolute Gasteiger partial charge is 0.460 e. The highest BCUT2D eigenvalue weighted by Crippen LogP contribution is 2.47. The number of carbonyl (C=O) groups is 1. The molecule has 1 unspecified atom stereocenters. The van der Waals surface area contributed by atoms with Crippen molar-refractivity contribution in [3.8, 4) is 5.75 Å². The van der Waals surface area contributed by atoms with Crippen LogP contribution in [0.5, 0.6) is 5.75 Å². The first kappa shape index (κ1) is 16.3. The van der Waals surface area contributed by atoms with Crippen LogP contribution in [0.25, 0.3) is 6.08 Å². The number of hydrogen-bond acceptors (Lipinski definition) is 4. The Morgan fingerprint density at radius 2 is 2.17 bits per heavy atom. The number of esters is 1. The summed E-state index contributed by atoms with van der Waals surface area (Å²) in [6.45, 7) is 1.08. The summed E-state index contributed by atoms with van der Waals surface area (Å²) in [7, 11) is 0.796. The lowest BCUT2D eigenvalue weighted by Gasteiger charge is -2.38. The lowest BCUT2D eigenvalue weighted by Crippen LogP contribution is -2.56. The molecule has 1 aromatic carbocycles. The van der Waals surface area contributed by atoms with Gasteiger partial charge < -0.3 is 14.2 Å². The molecule has 0 saturated carbocycles. The number of hydrogen-bond donors (Lipinski definition) is 0. The van der Waals surface area contributed by atoms with Crippen molar-refractivity contribution >= 4 is 28.0 Å². The highest BCUT2D eigenvalue weighted by Gasteiger charge is 2.65. The van der Waals surface area contributed by atoms with Crippen LogP contribution in [-0.2, 0) is 14.3 Å². The number of methoxy groups -OCH3 is 1. The van der Waals surface area contributed by atoms with E-state index in [9.17, 15) is 18.0 Å². The number of ether oxygens (including phenoxy) is 3. The van der Waals surface area contributed by atoms with Crippen LogP contribution < -0.4 is 4.74 Å². The van der Waals surface area contributed by atoms with Gasteiger partial charge in [-0.15, -0.1) is 0 Å². The quantitative estimate of drug-likeness (QED) is 0.725. The molecular weight excluding hydrogens is 381 g/mol. The summed E-state index contributed by atoms with van der Waals surface area (Å²) in [6.07, 6.45) is -4.01. The SMILES string of the molecule is [2H]Cc1cc(Br)cc2c1OC(OC)(C(F)(F)F)C(C(=O)OCC)=C2. The number of carbonyl (C=O) groups excluding carboxylic acids is 1. The Morgan fingerprint density at radius 1 is 1.48 bits per heavy atom. The van der Waals surface area contributed by atoms with E-state index in [4.69, 9.17) is 10.8 Å². The third-order valence-electron chi connectivity index (χ3n) is 3.22. The summed E-state index contributed by atoms with van der Waals surface area (Å²) < 4.78 is 63.6. The third kappa shape index (κ3) is 2.97. The Bertz CT molecular complexity index is 690. The van der Waals surface area contributed by atoms with E-state index in [1.807, 2.05) is 0 Å². The van der Waals surface area contributed by atoms with E-state index in [0.29, 0.717) is 4.47 Å². The van der Waals surface area contributed by atoms with E-state index in [1.54, 1.807) is 0 Å². The predicted octanol–water partition coefficient (Wildman–Crippen LogP) is 4.00. The first-order valence-corrected chi connectivity index (χ1v) is 7.31. The Hall–Kier alpha value is -1.54. The number of benzene rings is 1. The van der Waals surface area contributed by atoms with Gasteiger partial charge in [-0.05, 0) is 37.6 Å². The van der Waals surface area contributed by atoms with Crippen molar-refractivity contribution in [3.63, 3.8) is 0 Å². The molecule has 1 aromatic rings. The fourth-order valence-electron chi connectivity index (χ4n) is 2.23. The van der Waals surface area contributed by atoms with Crippen molar-refractivity contribution in [2.45, 2.75) is 25.8 Å². The topological polar surface area (TPSA) is 44.8 Å². The molecule has 0 aromatic heterocycles. The van der Waals surface area contributed by atoms with Gasteiger partial charge in [0.25, 0.3) is 0 Å². The zero-order chi connectivity index (χ0) is 18.1. The molecule has 0 spiro atoms. The van der Waals surface area contributed by atoms with E-state index < -0.39 is 23.5 Å². The van der Waals surface area contributed by atoms with Crippen LogP contribution in [0.15, 0.2) is 22.2 Å². The summed E-state index contributed by atoms with van der Waals surface area (Å²) in [5, 5.41) is 0. The van der Waals surface area contributed by atoms with E-state index in [-0.39, 0.29) is 30.4 Å². The summed E-state index contributed by atoms with van der Waals surface area (Å²) in [5.41, 5.74) is -0.350. The maximum absolute atomic E-state index is 13.7. The lowest BCUT2D eigenvalue weighted by molar-refractivity contribution is -0.326. The fraction of sp³-hybridized carbons (Fsp3) is 0.400. The maximum atomic E-state index is 13.7. The summed E-state index contributed by atoms with van der Waals surface area (Å²) in [6, 6.07) is 2.97. The molecule has 4 nitrogen and oxygen atoms in total. The number of fused-ring (bicyclic) bond motifs is 1. The van der Waals surface area contributed by atoms with Gasteiger partial charge in [0.2, 0.25) is 0 Å². The summed E-state index contributed by atoms with van der Waals surface area (Å²) in [5.74, 6) is -4.63. The Balaban J connectivity index is 2.74. The molecule has 1 aliphatic rings. The second-order valence-electron chi connectivity index (χ2n) is 4.68. The minimum atomic E-state index is -5.04. The van der Waals surface area contributed by atoms with Crippen LogP contribution in [0.1, 0.15) is 19.4 Å². The summed E-state index contributed by atoms with van der Waals surface area (Å²) >= 11 is 3.22. The Labute approximate surface area is 140 Å². The van der Waals surface area contributed by atoms with E-state index >= 15 is 0 Å². The van der Waals surface area contributed by atoms with E-state index in [2.05, 4.69) is 20.7 Å². The van der Waals surface area contributed by atoms with Crippen LogP contribution >= 0.6 is 15.9 Å². The molecule has 0 aliphatic carbocycles. The molecule has 0 N–H and O–H groups in total. The van der Waals surface area contributed by atoms with Gasteiger partial charge in [-0.1, -0.05) is 15.9 Å². The van der Waals surface area contributed by atoms with E-state index in [0.717, 1.165) is 13.2 Å². The van der Waals surface area contributed by atoms with Gasteiger partial charge in [0.15, 0.2) is 0 Å². The molecule has 2 rings (SSSR count). The maximum Gasteiger partial charge on any atom is 0.460 e. The molecule has 0 amide bonds. The molecule has 1 aliphatic heterocycles. The van der Waals surface area contributed by atoms with Crippen LogP contribution in [0, 0.1) is 6.90 Å².